The third kappa shape index (κ3) is 5.88. The molecule has 0 radical (unpaired) electrons. The zero-order valence-electron chi connectivity index (χ0n) is 12.6. The van der Waals surface area contributed by atoms with Crippen molar-refractivity contribution in [1.29, 1.82) is 0 Å². The van der Waals surface area contributed by atoms with Crippen molar-refractivity contribution >= 4 is 17.7 Å². The molecule has 2 rings (SSSR count). The monoisotopic (exact) mass is 357 g/mol. The first-order chi connectivity index (χ1) is 11.3. The van der Waals surface area contributed by atoms with E-state index in [4.69, 9.17) is 0 Å². The van der Waals surface area contributed by atoms with Gasteiger partial charge in [0.2, 0.25) is 5.91 Å². The predicted octanol–water partition coefficient (Wildman–Crippen LogP) is 4.64. The van der Waals surface area contributed by atoms with Crippen molar-refractivity contribution < 1.29 is 22.4 Å². The standard InChI is InChI=1S/C17H15F4NOS/c18-14-4-6-15(7-5-14)24-9-8-16(23)22-11-12-2-1-3-13(10-12)17(19,20)21/h1-7,10H,8-9,11H2,(H,22,23). The number of alkyl halides is 3. The molecule has 1 amide bonds. The third-order valence-corrected chi connectivity index (χ3v) is 4.17. The van der Waals surface area contributed by atoms with Gasteiger partial charge in [0.15, 0.2) is 0 Å². The van der Waals surface area contributed by atoms with Gasteiger partial charge in [0, 0.05) is 23.6 Å². The van der Waals surface area contributed by atoms with Crippen LogP contribution in [0.3, 0.4) is 0 Å². The number of halogens is 4. The van der Waals surface area contributed by atoms with Crippen LogP contribution in [0.2, 0.25) is 0 Å². The minimum atomic E-state index is -4.40. The van der Waals surface area contributed by atoms with Gasteiger partial charge in [0.25, 0.3) is 0 Å². The Bertz CT molecular complexity index is 686. The van der Waals surface area contributed by atoms with Gasteiger partial charge in [-0.25, -0.2) is 4.39 Å². The van der Waals surface area contributed by atoms with Crippen LogP contribution in [0.25, 0.3) is 0 Å². The molecule has 0 atom stereocenters. The number of benzene rings is 2. The number of thioether (sulfide) groups is 1. The summed E-state index contributed by atoms with van der Waals surface area (Å²) >= 11 is 1.41. The van der Waals surface area contributed by atoms with E-state index < -0.39 is 11.7 Å². The first-order valence-corrected chi connectivity index (χ1v) is 8.14. The lowest BCUT2D eigenvalue weighted by Crippen LogP contribution is -2.23. The van der Waals surface area contributed by atoms with Crippen LogP contribution in [-0.2, 0) is 17.5 Å². The molecule has 0 heterocycles. The molecule has 0 aromatic heterocycles. The fourth-order valence-corrected chi connectivity index (χ4v) is 2.79. The minimum Gasteiger partial charge on any atom is -0.352 e. The van der Waals surface area contributed by atoms with Crippen molar-refractivity contribution in [3.05, 3.63) is 65.5 Å². The minimum absolute atomic E-state index is 0.0456. The average molecular weight is 357 g/mol. The van der Waals surface area contributed by atoms with E-state index in [2.05, 4.69) is 5.32 Å². The molecule has 2 aromatic carbocycles. The molecule has 0 aliphatic heterocycles. The van der Waals surface area contributed by atoms with Crippen LogP contribution in [0.1, 0.15) is 17.5 Å². The predicted molar refractivity (Wildman–Crippen MR) is 85.0 cm³/mol. The third-order valence-electron chi connectivity index (χ3n) is 3.16. The van der Waals surface area contributed by atoms with Gasteiger partial charge in [-0.05, 0) is 42.0 Å². The number of nitrogens with one attached hydrogen (secondary N) is 1. The molecule has 0 bridgehead atoms. The topological polar surface area (TPSA) is 29.1 Å². The van der Waals surface area contributed by atoms with Crippen LogP contribution in [0.15, 0.2) is 53.4 Å². The van der Waals surface area contributed by atoms with E-state index in [1.807, 2.05) is 0 Å². The molecule has 0 aliphatic carbocycles. The van der Waals surface area contributed by atoms with E-state index in [0.29, 0.717) is 11.3 Å². The summed E-state index contributed by atoms with van der Waals surface area (Å²) < 4.78 is 50.6. The lowest BCUT2D eigenvalue weighted by atomic mass is 10.1. The smallest absolute Gasteiger partial charge is 0.352 e. The Morgan fingerprint density at radius 3 is 2.46 bits per heavy atom. The summed E-state index contributed by atoms with van der Waals surface area (Å²) in [7, 11) is 0. The zero-order valence-corrected chi connectivity index (χ0v) is 13.4. The largest absolute Gasteiger partial charge is 0.416 e. The van der Waals surface area contributed by atoms with Crippen LogP contribution in [0.5, 0.6) is 0 Å². The maximum absolute atomic E-state index is 12.8. The summed E-state index contributed by atoms with van der Waals surface area (Å²) in [5.41, 5.74) is -0.342. The number of carbonyl (C=O) groups excluding carboxylic acids is 1. The molecular formula is C17H15F4NOS. The highest BCUT2D eigenvalue weighted by Gasteiger charge is 2.30. The summed E-state index contributed by atoms with van der Waals surface area (Å²) in [4.78, 5) is 12.6. The molecular weight excluding hydrogens is 342 g/mol. The fourth-order valence-electron chi connectivity index (χ4n) is 1.94. The van der Waals surface area contributed by atoms with Gasteiger partial charge in [-0.1, -0.05) is 12.1 Å². The lowest BCUT2D eigenvalue weighted by molar-refractivity contribution is -0.137. The van der Waals surface area contributed by atoms with Crippen LogP contribution >= 0.6 is 11.8 Å². The Morgan fingerprint density at radius 1 is 1.08 bits per heavy atom. The van der Waals surface area contributed by atoms with E-state index in [1.165, 1.54) is 36.0 Å². The molecule has 2 aromatic rings. The quantitative estimate of drug-likeness (QED) is 0.603. The summed E-state index contributed by atoms with van der Waals surface area (Å²) in [6.07, 6.45) is -4.17. The van der Waals surface area contributed by atoms with Gasteiger partial charge in [-0.15, -0.1) is 11.8 Å². The number of hydrogen-bond acceptors (Lipinski definition) is 2. The van der Waals surface area contributed by atoms with Crippen molar-refractivity contribution in [2.24, 2.45) is 0 Å². The number of amides is 1. The molecule has 0 saturated heterocycles. The summed E-state index contributed by atoms with van der Waals surface area (Å²) in [5.74, 6) is -0.0692. The Labute approximate surface area is 141 Å². The second-order valence-corrected chi connectivity index (χ2v) is 6.20. The van der Waals surface area contributed by atoms with Crippen molar-refractivity contribution in [2.75, 3.05) is 5.75 Å². The maximum atomic E-state index is 12.8. The summed E-state index contributed by atoms with van der Waals surface area (Å²) in [6, 6.07) is 10.8. The van der Waals surface area contributed by atoms with Crippen LogP contribution < -0.4 is 5.32 Å². The number of hydrogen-bond donors (Lipinski definition) is 1. The zero-order chi connectivity index (χ0) is 17.6. The second-order valence-electron chi connectivity index (χ2n) is 5.03. The van der Waals surface area contributed by atoms with Crippen molar-refractivity contribution in [3.63, 3.8) is 0 Å². The van der Waals surface area contributed by atoms with Crippen molar-refractivity contribution in [1.82, 2.24) is 5.32 Å². The molecule has 0 aliphatic rings. The Kier molecular flexibility index (Phi) is 6.25. The Balaban J connectivity index is 1.76. The van der Waals surface area contributed by atoms with Crippen molar-refractivity contribution in [3.8, 4) is 0 Å². The molecule has 0 spiro atoms. The second kappa shape index (κ2) is 8.19. The number of carbonyl (C=O) groups is 1. The first kappa shape index (κ1) is 18.3. The van der Waals surface area contributed by atoms with E-state index >= 15 is 0 Å². The molecule has 2 nitrogen and oxygen atoms in total. The van der Waals surface area contributed by atoms with Crippen LogP contribution in [-0.4, -0.2) is 11.7 Å². The molecule has 1 N–H and O–H groups in total. The van der Waals surface area contributed by atoms with Gasteiger partial charge < -0.3 is 5.32 Å². The molecule has 0 saturated carbocycles. The molecule has 0 fully saturated rings. The highest BCUT2D eigenvalue weighted by atomic mass is 32.2. The molecule has 128 valence electrons. The summed E-state index contributed by atoms with van der Waals surface area (Å²) in [5, 5.41) is 2.59. The van der Waals surface area contributed by atoms with Crippen LogP contribution in [0, 0.1) is 5.82 Å². The maximum Gasteiger partial charge on any atom is 0.416 e. The normalized spacial score (nSPS) is 11.3. The van der Waals surface area contributed by atoms with E-state index in [-0.39, 0.29) is 24.7 Å². The summed E-state index contributed by atoms with van der Waals surface area (Å²) in [6.45, 7) is 0.0456. The lowest BCUT2D eigenvalue weighted by Gasteiger charge is -2.09. The van der Waals surface area contributed by atoms with E-state index in [0.717, 1.165) is 17.0 Å². The van der Waals surface area contributed by atoms with Gasteiger partial charge >= 0.3 is 6.18 Å². The highest BCUT2D eigenvalue weighted by molar-refractivity contribution is 7.99. The van der Waals surface area contributed by atoms with E-state index in [9.17, 15) is 22.4 Å². The SMILES string of the molecule is O=C(CCSc1ccc(F)cc1)NCc1cccc(C(F)(F)F)c1. The van der Waals surface area contributed by atoms with Crippen molar-refractivity contribution in [2.45, 2.75) is 24.0 Å². The first-order valence-electron chi connectivity index (χ1n) is 7.16. The van der Waals surface area contributed by atoms with Crippen LogP contribution in [0.4, 0.5) is 17.6 Å². The van der Waals surface area contributed by atoms with Gasteiger partial charge in [0.1, 0.15) is 5.82 Å². The van der Waals surface area contributed by atoms with Gasteiger partial charge in [0.05, 0.1) is 5.56 Å². The highest BCUT2D eigenvalue weighted by Crippen LogP contribution is 2.29. The van der Waals surface area contributed by atoms with Gasteiger partial charge in [-0.2, -0.15) is 13.2 Å². The number of rotatable bonds is 6. The molecule has 7 heteroatoms. The Morgan fingerprint density at radius 2 is 1.79 bits per heavy atom. The Hall–Kier alpha value is -2.02. The van der Waals surface area contributed by atoms with Gasteiger partial charge in [-0.3, -0.25) is 4.79 Å². The average Bonchev–Trinajstić information content (AvgIpc) is 2.54. The molecule has 0 unspecified atom stereocenters. The fraction of sp³-hybridized carbons (Fsp3) is 0.235. The van der Waals surface area contributed by atoms with E-state index in [1.54, 1.807) is 12.1 Å². The molecule has 24 heavy (non-hydrogen) atoms.